The van der Waals surface area contributed by atoms with E-state index in [1.807, 2.05) is 0 Å². The molecule has 6 N–H and O–H groups in total. The van der Waals surface area contributed by atoms with E-state index in [1.54, 1.807) is 30.3 Å². The number of aromatic nitrogens is 5. The molecule has 1 aliphatic rings. The van der Waals surface area contributed by atoms with Crippen molar-refractivity contribution in [3.05, 3.63) is 87.6 Å². The number of hydrogen-bond acceptors (Lipinski definition) is 9. The molecule has 180 valence electrons. The summed E-state index contributed by atoms with van der Waals surface area (Å²) in [6, 6.07) is 9.30. The fourth-order valence-electron chi connectivity index (χ4n) is 3.96. The van der Waals surface area contributed by atoms with Gasteiger partial charge in [0, 0.05) is 35.6 Å². The molecule has 2 aromatic carbocycles. The molecule has 1 atom stereocenters. The summed E-state index contributed by atoms with van der Waals surface area (Å²) in [7, 11) is 1.49. The van der Waals surface area contributed by atoms with Crippen molar-refractivity contribution in [3.63, 3.8) is 0 Å². The summed E-state index contributed by atoms with van der Waals surface area (Å²) < 4.78 is 27.8. The van der Waals surface area contributed by atoms with Crippen LogP contribution in [0.4, 0.5) is 10.1 Å². The van der Waals surface area contributed by atoms with E-state index in [-0.39, 0.29) is 17.3 Å². The third-order valence-corrected chi connectivity index (χ3v) is 5.69. The molecule has 2 aromatic heterocycles. The maximum Gasteiger partial charge on any atom is 0.350 e. The van der Waals surface area contributed by atoms with Crippen molar-refractivity contribution < 1.29 is 13.9 Å². The van der Waals surface area contributed by atoms with Crippen LogP contribution in [0.25, 0.3) is 5.95 Å². The van der Waals surface area contributed by atoms with Gasteiger partial charge in [0.2, 0.25) is 0 Å². The van der Waals surface area contributed by atoms with Gasteiger partial charge in [0.25, 0.3) is 5.95 Å². The van der Waals surface area contributed by atoms with Crippen LogP contribution in [-0.2, 0) is 6.42 Å². The number of ether oxygens (including phenoxy) is 2. The number of rotatable bonds is 7. The first-order valence-electron chi connectivity index (χ1n) is 10.8. The summed E-state index contributed by atoms with van der Waals surface area (Å²) >= 11 is 0. The van der Waals surface area contributed by atoms with E-state index >= 15 is 4.39 Å². The average molecular weight is 478 g/mol. The van der Waals surface area contributed by atoms with Gasteiger partial charge >= 0.3 is 5.69 Å². The molecule has 1 aliphatic heterocycles. The molecule has 12 heteroatoms. The fourth-order valence-corrected chi connectivity index (χ4v) is 3.96. The molecule has 0 aliphatic carbocycles. The standard InChI is InChI=1S/C23H23FN8O3/c1-34-16-11-15(17(24)14-7-10-35-19(14)16)18(29-13-5-3-12(4-6-13)20(25)26)21-30-23(33)32(31-21)22-27-8-2-9-28-22/h2-6,8-9,11,18,20,29H,7,10,25-26H2,1H3,(H,30,31,33). The van der Waals surface area contributed by atoms with E-state index < -0.39 is 23.7 Å². The second-order valence-electron chi connectivity index (χ2n) is 7.89. The van der Waals surface area contributed by atoms with E-state index in [2.05, 4.69) is 25.4 Å². The number of nitrogens with one attached hydrogen (secondary N) is 2. The molecule has 0 amide bonds. The Bertz CT molecular complexity index is 1400. The number of hydrogen-bond donors (Lipinski definition) is 4. The van der Waals surface area contributed by atoms with Crippen LogP contribution in [0.3, 0.4) is 0 Å². The van der Waals surface area contributed by atoms with E-state index in [1.165, 1.54) is 25.6 Å². The fraction of sp³-hybridized carbons (Fsp3) is 0.217. The summed E-state index contributed by atoms with van der Waals surface area (Å²) in [6.45, 7) is 0.349. The Morgan fingerprint density at radius 2 is 1.97 bits per heavy atom. The topological polar surface area (TPSA) is 159 Å². The summed E-state index contributed by atoms with van der Waals surface area (Å²) in [4.78, 5) is 23.6. The molecule has 35 heavy (non-hydrogen) atoms. The highest BCUT2D eigenvalue weighted by molar-refractivity contribution is 5.56. The van der Waals surface area contributed by atoms with Gasteiger partial charge in [-0.1, -0.05) is 12.1 Å². The van der Waals surface area contributed by atoms with Crippen molar-refractivity contribution >= 4 is 5.69 Å². The largest absolute Gasteiger partial charge is 0.493 e. The Morgan fingerprint density at radius 3 is 2.66 bits per heavy atom. The lowest BCUT2D eigenvalue weighted by Crippen LogP contribution is -2.20. The van der Waals surface area contributed by atoms with Crippen LogP contribution in [-0.4, -0.2) is 38.4 Å². The van der Waals surface area contributed by atoms with Crippen LogP contribution in [0.2, 0.25) is 0 Å². The lowest BCUT2D eigenvalue weighted by molar-refractivity contribution is 0.325. The van der Waals surface area contributed by atoms with Crippen LogP contribution in [0.5, 0.6) is 11.5 Å². The zero-order valence-electron chi connectivity index (χ0n) is 18.7. The molecule has 0 saturated carbocycles. The lowest BCUT2D eigenvalue weighted by atomic mass is 9.99. The number of nitrogens with two attached hydrogens (primary N) is 2. The van der Waals surface area contributed by atoms with Gasteiger partial charge in [0.1, 0.15) is 11.9 Å². The number of benzene rings is 2. The minimum Gasteiger partial charge on any atom is -0.493 e. The number of anilines is 1. The van der Waals surface area contributed by atoms with Crippen molar-refractivity contribution in [3.8, 4) is 17.4 Å². The Hall–Kier alpha value is -4.29. The molecule has 1 unspecified atom stereocenters. The van der Waals surface area contributed by atoms with Crippen molar-refractivity contribution in [1.82, 2.24) is 24.7 Å². The number of halogens is 1. The predicted molar refractivity (Wildman–Crippen MR) is 125 cm³/mol. The van der Waals surface area contributed by atoms with E-state index in [9.17, 15) is 4.79 Å². The van der Waals surface area contributed by atoms with Crippen LogP contribution in [0, 0.1) is 5.82 Å². The zero-order valence-corrected chi connectivity index (χ0v) is 18.7. The maximum absolute atomic E-state index is 15.8. The highest BCUT2D eigenvalue weighted by Gasteiger charge is 2.31. The van der Waals surface area contributed by atoms with Crippen LogP contribution < -0.4 is 31.9 Å². The summed E-state index contributed by atoms with van der Waals surface area (Å²) in [5.74, 6) is 0.536. The molecule has 0 bridgehead atoms. The van der Waals surface area contributed by atoms with Crippen molar-refractivity contribution in [2.24, 2.45) is 11.5 Å². The van der Waals surface area contributed by atoms with E-state index in [4.69, 9.17) is 20.9 Å². The van der Waals surface area contributed by atoms with Crippen LogP contribution in [0.15, 0.2) is 53.6 Å². The molecule has 0 fully saturated rings. The van der Waals surface area contributed by atoms with Crippen molar-refractivity contribution in [2.75, 3.05) is 19.0 Å². The number of nitrogens with zero attached hydrogens (tertiary/aromatic N) is 4. The highest BCUT2D eigenvalue weighted by Crippen LogP contribution is 2.42. The lowest BCUT2D eigenvalue weighted by Gasteiger charge is -2.21. The van der Waals surface area contributed by atoms with Crippen molar-refractivity contribution in [1.29, 1.82) is 0 Å². The first kappa shape index (κ1) is 22.5. The number of methoxy groups -OCH3 is 1. The van der Waals surface area contributed by atoms with Crippen LogP contribution >= 0.6 is 0 Å². The molecule has 5 rings (SSSR count). The third kappa shape index (κ3) is 4.20. The molecule has 11 nitrogen and oxygen atoms in total. The van der Waals surface area contributed by atoms with E-state index in [0.717, 1.165) is 10.2 Å². The van der Waals surface area contributed by atoms with Gasteiger partial charge in [0.05, 0.1) is 19.9 Å². The van der Waals surface area contributed by atoms with Gasteiger partial charge in [-0.15, -0.1) is 9.78 Å². The summed E-state index contributed by atoms with van der Waals surface area (Å²) in [5.41, 5.74) is 12.9. The Kier molecular flexibility index (Phi) is 5.89. The number of fused-ring (bicyclic) bond motifs is 1. The smallest absolute Gasteiger partial charge is 0.350 e. The maximum atomic E-state index is 15.8. The van der Waals surface area contributed by atoms with Gasteiger partial charge in [-0.2, -0.15) is 0 Å². The Labute approximate surface area is 198 Å². The van der Waals surface area contributed by atoms with Gasteiger partial charge in [-0.05, 0) is 29.8 Å². The van der Waals surface area contributed by atoms with Gasteiger partial charge in [0.15, 0.2) is 17.3 Å². The second-order valence-corrected chi connectivity index (χ2v) is 7.89. The quantitative estimate of drug-likeness (QED) is 0.289. The van der Waals surface area contributed by atoms with Crippen LogP contribution in [0.1, 0.15) is 34.7 Å². The molecule has 0 saturated heterocycles. The summed E-state index contributed by atoms with van der Waals surface area (Å²) in [5, 5.41) is 7.62. The van der Waals surface area contributed by atoms with E-state index in [0.29, 0.717) is 35.8 Å². The van der Waals surface area contributed by atoms with Gasteiger partial charge in [-0.3, -0.25) is 4.98 Å². The first-order chi connectivity index (χ1) is 17.0. The second kappa shape index (κ2) is 9.16. The Balaban J connectivity index is 1.63. The molecular weight excluding hydrogens is 455 g/mol. The summed E-state index contributed by atoms with van der Waals surface area (Å²) in [6.07, 6.45) is 2.75. The normalized spacial score (nSPS) is 13.4. The number of H-pyrrole nitrogens is 1. The highest BCUT2D eigenvalue weighted by atomic mass is 19.1. The van der Waals surface area contributed by atoms with Gasteiger partial charge < -0.3 is 26.3 Å². The minimum atomic E-state index is -0.898. The third-order valence-electron chi connectivity index (χ3n) is 5.69. The Morgan fingerprint density at radius 1 is 1.23 bits per heavy atom. The molecule has 0 radical (unpaired) electrons. The zero-order chi connectivity index (χ0) is 24.5. The van der Waals surface area contributed by atoms with Crippen molar-refractivity contribution in [2.45, 2.75) is 18.6 Å². The first-order valence-corrected chi connectivity index (χ1v) is 10.8. The molecule has 4 aromatic rings. The molecule has 3 heterocycles. The molecule has 0 spiro atoms. The molecular formula is C23H23FN8O3. The van der Waals surface area contributed by atoms with Gasteiger partial charge in [-0.25, -0.2) is 19.2 Å². The predicted octanol–water partition coefficient (Wildman–Crippen LogP) is 1.55. The minimum absolute atomic E-state index is 0.0837. The SMILES string of the molecule is COc1cc(C(Nc2ccc(C(N)N)cc2)c2nn(-c3ncccn3)c(=O)[nH]2)c(F)c2c1OCC2. The average Bonchev–Trinajstić information content (AvgIpc) is 3.51. The monoisotopic (exact) mass is 478 g/mol. The number of aromatic amines is 1.